The van der Waals surface area contributed by atoms with Crippen LogP contribution in [0.4, 0.5) is 0 Å². The van der Waals surface area contributed by atoms with Crippen LogP contribution in [-0.4, -0.2) is 17.0 Å². The highest BCUT2D eigenvalue weighted by Crippen LogP contribution is 2.43. The van der Waals surface area contributed by atoms with E-state index in [1.807, 2.05) is 0 Å². The Hall–Kier alpha value is -0.370. The van der Waals surface area contributed by atoms with Gasteiger partial charge in [-0.15, -0.1) is 0 Å². The first-order valence-electron chi connectivity index (χ1n) is 3.50. The molecule has 0 heterocycles. The Kier molecular flexibility index (Phi) is 0.943. The summed E-state index contributed by atoms with van der Waals surface area (Å²) in [6.45, 7) is 0. The Morgan fingerprint density at radius 1 is 1.44 bits per heavy atom. The van der Waals surface area contributed by atoms with Crippen LogP contribution in [0.25, 0.3) is 0 Å². The Balaban J connectivity index is 2.11. The highest BCUT2D eigenvalue weighted by Gasteiger charge is 2.47. The molecule has 2 nitrogen and oxygen atoms in total. The van der Waals surface area contributed by atoms with Crippen LogP contribution >= 0.6 is 0 Å². The van der Waals surface area contributed by atoms with Crippen molar-refractivity contribution in [2.45, 2.75) is 25.4 Å². The molecule has 2 aliphatic carbocycles. The number of fused-ring (bicyclic) bond motifs is 1. The van der Waals surface area contributed by atoms with Gasteiger partial charge in [0.05, 0.1) is 6.10 Å². The summed E-state index contributed by atoms with van der Waals surface area (Å²) < 4.78 is 0. The summed E-state index contributed by atoms with van der Waals surface area (Å²) in [6.07, 6.45) is 2.27. The van der Waals surface area contributed by atoms with Crippen molar-refractivity contribution in [1.29, 1.82) is 0 Å². The molecule has 2 heteroatoms. The van der Waals surface area contributed by atoms with Gasteiger partial charge in [0.2, 0.25) is 0 Å². The molecule has 0 spiro atoms. The van der Waals surface area contributed by atoms with Crippen LogP contribution in [0.3, 0.4) is 0 Å². The fourth-order valence-electron chi connectivity index (χ4n) is 1.95. The molecule has 0 aliphatic heterocycles. The first-order chi connectivity index (χ1) is 4.29. The maximum Gasteiger partial charge on any atom is 0.136 e. The number of carbonyl (C=O) groups is 1. The standard InChI is InChI=1S/C7H10O2/c8-6-2-1-4-5(6)3-7(4)9/h4-6,8H,1-3H2/t4-,5-,6+/m1/s1. The average molecular weight is 126 g/mol. The molecule has 0 radical (unpaired) electrons. The molecular weight excluding hydrogens is 116 g/mol. The smallest absolute Gasteiger partial charge is 0.136 e. The minimum atomic E-state index is -0.160. The minimum Gasteiger partial charge on any atom is -0.393 e. The van der Waals surface area contributed by atoms with Gasteiger partial charge < -0.3 is 5.11 Å². The molecule has 1 N–H and O–H groups in total. The lowest BCUT2D eigenvalue weighted by molar-refractivity contribution is -0.135. The number of Topliss-reactive ketones (excluding diaryl/α,β-unsaturated/α-hetero) is 1. The van der Waals surface area contributed by atoms with Crippen molar-refractivity contribution in [2.24, 2.45) is 11.8 Å². The number of aliphatic hydroxyl groups is 1. The molecule has 0 unspecified atom stereocenters. The van der Waals surface area contributed by atoms with E-state index >= 15 is 0 Å². The number of rotatable bonds is 0. The minimum absolute atomic E-state index is 0.160. The summed E-state index contributed by atoms with van der Waals surface area (Å²) in [6, 6.07) is 0. The van der Waals surface area contributed by atoms with Crippen molar-refractivity contribution < 1.29 is 9.90 Å². The van der Waals surface area contributed by atoms with Crippen molar-refractivity contribution in [1.82, 2.24) is 0 Å². The fourth-order valence-corrected chi connectivity index (χ4v) is 1.95. The predicted octanol–water partition coefficient (Wildman–Crippen LogP) is 0.346. The molecule has 3 atom stereocenters. The van der Waals surface area contributed by atoms with E-state index in [0.29, 0.717) is 18.1 Å². The molecule has 0 aromatic heterocycles. The largest absolute Gasteiger partial charge is 0.393 e. The Morgan fingerprint density at radius 2 is 2.22 bits per heavy atom. The lowest BCUT2D eigenvalue weighted by atomic mass is 9.74. The van der Waals surface area contributed by atoms with Gasteiger partial charge in [-0.25, -0.2) is 0 Å². The van der Waals surface area contributed by atoms with Gasteiger partial charge in [-0.3, -0.25) is 4.79 Å². The van der Waals surface area contributed by atoms with Crippen molar-refractivity contribution >= 4 is 5.78 Å². The monoisotopic (exact) mass is 126 g/mol. The van der Waals surface area contributed by atoms with Gasteiger partial charge in [-0.2, -0.15) is 0 Å². The molecule has 0 aromatic rings. The summed E-state index contributed by atoms with van der Waals surface area (Å²) in [5.74, 6) is 0.967. The lowest BCUT2D eigenvalue weighted by Gasteiger charge is -2.29. The summed E-state index contributed by atoms with van der Waals surface area (Å²) in [7, 11) is 0. The zero-order chi connectivity index (χ0) is 6.43. The number of carbonyl (C=O) groups excluding carboxylic acids is 1. The van der Waals surface area contributed by atoms with Crippen molar-refractivity contribution in [2.75, 3.05) is 0 Å². The van der Waals surface area contributed by atoms with Gasteiger partial charge in [-0.05, 0) is 12.8 Å². The first kappa shape index (κ1) is 5.42. The highest BCUT2D eigenvalue weighted by atomic mass is 16.3. The van der Waals surface area contributed by atoms with E-state index in [0.717, 1.165) is 12.8 Å². The third kappa shape index (κ3) is 0.568. The maximum atomic E-state index is 10.7. The van der Waals surface area contributed by atoms with Crippen molar-refractivity contribution in [3.05, 3.63) is 0 Å². The first-order valence-corrected chi connectivity index (χ1v) is 3.50. The van der Waals surface area contributed by atoms with E-state index in [1.165, 1.54) is 0 Å². The molecule has 0 aromatic carbocycles. The molecule has 0 amide bonds. The van der Waals surface area contributed by atoms with Gasteiger partial charge in [0.15, 0.2) is 0 Å². The molecular formula is C7H10O2. The summed E-state index contributed by atoms with van der Waals surface area (Å²) >= 11 is 0. The van der Waals surface area contributed by atoms with E-state index in [1.54, 1.807) is 0 Å². The lowest BCUT2D eigenvalue weighted by Crippen LogP contribution is -2.37. The molecule has 0 saturated heterocycles. The quantitative estimate of drug-likeness (QED) is 0.508. The number of ketones is 1. The van der Waals surface area contributed by atoms with Gasteiger partial charge >= 0.3 is 0 Å². The zero-order valence-electron chi connectivity index (χ0n) is 5.21. The van der Waals surface area contributed by atoms with E-state index in [-0.39, 0.29) is 12.0 Å². The van der Waals surface area contributed by atoms with Gasteiger partial charge in [0, 0.05) is 18.3 Å². The highest BCUT2D eigenvalue weighted by molar-refractivity contribution is 5.88. The van der Waals surface area contributed by atoms with Gasteiger partial charge in [-0.1, -0.05) is 0 Å². The molecule has 2 fully saturated rings. The van der Waals surface area contributed by atoms with Gasteiger partial charge in [0.1, 0.15) is 5.78 Å². The topological polar surface area (TPSA) is 37.3 Å². The summed E-state index contributed by atoms with van der Waals surface area (Å²) in [5, 5.41) is 9.18. The Morgan fingerprint density at radius 3 is 2.67 bits per heavy atom. The zero-order valence-corrected chi connectivity index (χ0v) is 5.21. The van der Waals surface area contributed by atoms with Crippen molar-refractivity contribution in [3.63, 3.8) is 0 Å². The number of aliphatic hydroxyl groups excluding tert-OH is 1. The molecule has 2 rings (SSSR count). The van der Waals surface area contributed by atoms with Crippen LogP contribution in [0, 0.1) is 11.8 Å². The Bertz CT molecular complexity index is 153. The van der Waals surface area contributed by atoms with E-state index in [4.69, 9.17) is 0 Å². The normalized spacial score (nSPS) is 48.6. The second-order valence-electron chi connectivity index (χ2n) is 3.09. The molecule has 50 valence electrons. The van der Waals surface area contributed by atoms with Crippen LogP contribution in [-0.2, 0) is 4.79 Å². The average Bonchev–Trinajstić information content (AvgIpc) is 2.07. The predicted molar refractivity (Wildman–Crippen MR) is 31.8 cm³/mol. The van der Waals surface area contributed by atoms with Crippen LogP contribution in [0.1, 0.15) is 19.3 Å². The van der Waals surface area contributed by atoms with Crippen molar-refractivity contribution in [3.8, 4) is 0 Å². The number of hydrogen-bond donors (Lipinski definition) is 1. The molecule has 2 saturated carbocycles. The SMILES string of the molecule is O=C1C[C@H]2[C@@H](O)CC[C@@H]12. The third-order valence-electron chi connectivity index (χ3n) is 2.63. The van der Waals surface area contributed by atoms with E-state index < -0.39 is 0 Å². The molecule has 2 aliphatic rings. The van der Waals surface area contributed by atoms with Crippen LogP contribution in [0.5, 0.6) is 0 Å². The third-order valence-corrected chi connectivity index (χ3v) is 2.63. The maximum absolute atomic E-state index is 10.7. The summed E-state index contributed by atoms with van der Waals surface area (Å²) in [4.78, 5) is 10.7. The van der Waals surface area contributed by atoms with Gasteiger partial charge in [0.25, 0.3) is 0 Å². The van der Waals surface area contributed by atoms with Crippen LogP contribution < -0.4 is 0 Å². The number of hydrogen-bond acceptors (Lipinski definition) is 2. The van der Waals surface area contributed by atoms with Crippen LogP contribution in [0.15, 0.2) is 0 Å². The van der Waals surface area contributed by atoms with E-state index in [9.17, 15) is 9.90 Å². The second kappa shape index (κ2) is 1.57. The van der Waals surface area contributed by atoms with Crippen LogP contribution in [0.2, 0.25) is 0 Å². The molecule has 9 heavy (non-hydrogen) atoms. The van der Waals surface area contributed by atoms with E-state index in [2.05, 4.69) is 0 Å². The second-order valence-corrected chi connectivity index (χ2v) is 3.09. The Labute approximate surface area is 53.9 Å². The molecule has 0 bridgehead atoms. The fraction of sp³-hybridized carbons (Fsp3) is 0.857. The summed E-state index contributed by atoms with van der Waals surface area (Å²) in [5.41, 5.74) is 0.